The predicted octanol–water partition coefficient (Wildman–Crippen LogP) is 3.99. The minimum atomic E-state index is -0.267. The lowest BCUT2D eigenvalue weighted by atomic mass is 9.91. The molecule has 5 heteroatoms. The van der Waals surface area contributed by atoms with Gasteiger partial charge >= 0.3 is 0 Å². The van der Waals surface area contributed by atoms with E-state index < -0.39 is 0 Å². The van der Waals surface area contributed by atoms with Crippen LogP contribution >= 0.6 is 0 Å². The lowest BCUT2D eigenvalue weighted by Gasteiger charge is -2.27. The second-order valence-electron chi connectivity index (χ2n) is 7.55. The Morgan fingerprint density at radius 3 is 2.58 bits per heavy atom. The highest BCUT2D eigenvalue weighted by atomic mass is 19.1. The van der Waals surface area contributed by atoms with Crippen LogP contribution in [0.3, 0.4) is 0 Å². The quantitative estimate of drug-likeness (QED) is 0.789. The van der Waals surface area contributed by atoms with Gasteiger partial charge < -0.3 is 9.74 Å². The predicted molar refractivity (Wildman–Crippen MR) is 93.4 cm³/mol. The molecule has 132 valence electrons. The Labute approximate surface area is 143 Å². The van der Waals surface area contributed by atoms with Crippen molar-refractivity contribution < 1.29 is 14.0 Å². The number of carbonyl (C=O) groups is 1. The van der Waals surface area contributed by atoms with E-state index in [9.17, 15) is 9.18 Å². The van der Waals surface area contributed by atoms with E-state index in [1.807, 2.05) is 4.90 Å². The van der Waals surface area contributed by atoms with Crippen molar-refractivity contribution in [1.82, 2.24) is 4.90 Å². The van der Waals surface area contributed by atoms with Crippen LogP contribution in [-0.4, -0.2) is 35.7 Å². The van der Waals surface area contributed by atoms with Gasteiger partial charge in [-0.3, -0.25) is 4.79 Å². The normalized spacial score (nSPS) is 17.4. The first-order chi connectivity index (χ1) is 11.3. The lowest BCUT2D eigenvalue weighted by Crippen LogP contribution is -2.39. The standard InChI is InChI=1S/C19H27FN2O2/c1-5-10-22(18(23)12-19(2,3)4)13-16-11-17(21-24-16)14-6-8-15(20)9-7-14/h6-9,16H,5,10-13H2,1-4H3/t16-/m0/s1. The molecular formula is C19H27FN2O2. The van der Waals surface area contributed by atoms with Crippen molar-refractivity contribution in [2.75, 3.05) is 13.1 Å². The second kappa shape index (κ2) is 7.77. The van der Waals surface area contributed by atoms with E-state index >= 15 is 0 Å². The summed E-state index contributed by atoms with van der Waals surface area (Å²) in [6.07, 6.45) is 1.93. The molecule has 24 heavy (non-hydrogen) atoms. The van der Waals surface area contributed by atoms with Gasteiger partial charge in [-0.15, -0.1) is 0 Å². The molecule has 1 heterocycles. The highest BCUT2D eigenvalue weighted by Crippen LogP contribution is 2.22. The van der Waals surface area contributed by atoms with Gasteiger partial charge in [0.05, 0.1) is 12.3 Å². The van der Waals surface area contributed by atoms with Crippen LogP contribution in [0.2, 0.25) is 0 Å². The third kappa shape index (κ3) is 5.32. The summed E-state index contributed by atoms with van der Waals surface area (Å²) in [5.41, 5.74) is 1.64. The molecule has 0 N–H and O–H groups in total. The fraction of sp³-hybridized carbons (Fsp3) is 0.579. The van der Waals surface area contributed by atoms with E-state index in [-0.39, 0.29) is 23.2 Å². The molecule has 1 aliphatic rings. The summed E-state index contributed by atoms with van der Waals surface area (Å²) in [6, 6.07) is 6.24. The molecule has 1 atom stereocenters. The van der Waals surface area contributed by atoms with Crippen LogP contribution in [0.4, 0.5) is 4.39 Å². The topological polar surface area (TPSA) is 41.9 Å². The zero-order chi connectivity index (χ0) is 17.7. The molecule has 0 saturated carbocycles. The summed E-state index contributed by atoms with van der Waals surface area (Å²) < 4.78 is 13.0. The number of benzene rings is 1. The van der Waals surface area contributed by atoms with Gasteiger partial charge in [-0.1, -0.05) is 45.0 Å². The molecular weight excluding hydrogens is 307 g/mol. The summed E-state index contributed by atoms with van der Waals surface area (Å²) in [7, 11) is 0. The largest absolute Gasteiger partial charge is 0.390 e. The van der Waals surface area contributed by atoms with E-state index in [2.05, 4.69) is 32.9 Å². The van der Waals surface area contributed by atoms with Crippen molar-refractivity contribution in [2.45, 2.75) is 53.1 Å². The van der Waals surface area contributed by atoms with Gasteiger partial charge in [0.15, 0.2) is 6.10 Å². The number of carbonyl (C=O) groups excluding carboxylic acids is 1. The number of amides is 1. The fourth-order valence-electron chi connectivity index (χ4n) is 2.74. The minimum absolute atomic E-state index is 0.0324. The van der Waals surface area contributed by atoms with Crippen LogP contribution in [0.5, 0.6) is 0 Å². The van der Waals surface area contributed by atoms with Crippen molar-refractivity contribution >= 4 is 11.6 Å². The maximum Gasteiger partial charge on any atom is 0.223 e. The summed E-state index contributed by atoms with van der Waals surface area (Å²) in [5.74, 6) is -0.111. The van der Waals surface area contributed by atoms with Crippen LogP contribution in [0, 0.1) is 11.2 Å². The molecule has 4 nitrogen and oxygen atoms in total. The molecule has 0 aliphatic carbocycles. The monoisotopic (exact) mass is 334 g/mol. The van der Waals surface area contributed by atoms with Gasteiger partial charge in [0.1, 0.15) is 5.82 Å². The molecule has 0 saturated heterocycles. The SMILES string of the molecule is CCCN(C[C@@H]1CC(c2ccc(F)cc2)=NO1)C(=O)CC(C)(C)C. The summed E-state index contributed by atoms with van der Waals surface area (Å²) >= 11 is 0. The molecule has 1 aromatic carbocycles. The molecule has 1 aromatic rings. The van der Waals surface area contributed by atoms with Gasteiger partial charge in [-0.05, 0) is 29.5 Å². The van der Waals surface area contributed by atoms with E-state index in [4.69, 9.17) is 4.84 Å². The second-order valence-corrected chi connectivity index (χ2v) is 7.55. The van der Waals surface area contributed by atoms with Crippen LogP contribution in [-0.2, 0) is 9.63 Å². The zero-order valence-corrected chi connectivity index (χ0v) is 15.0. The van der Waals surface area contributed by atoms with Gasteiger partial charge in [-0.2, -0.15) is 0 Å². The fourth-order valence-corrected chi connectivity index (χ4v) is 2.74. The molecule has 1 amide bonds. The van der Waals surface area contributed by atoms with Gasteiger partial charge in [-0.25, -0.2) is 4.39 Å². The minimum Gasteiger partial charge on any atom is -0.390 e. The van der Waals surface area contributed by atoms with Crippen molar-refractivity contribution in [3.63, 3.8) is 0 Å². The van der Waals surface area contributed by atoms with Crippen molar-refractivity contribution in [3.8, 4) is 0 Å². The molecule has 0 fully saturated rings. The summed E-state index contributed by atoms with van der Waals surface area (Å²) in [5, 5.41) is 4.12. The number of oxime groups is 1. The Balaban J connectivity index is 1.95. The summed E-state index contributed by atoms with van der Waals surface area (Å²) in [6.45, 7) is 9.52. The maximum absolute atomic E-state index is 13.0. The third-order valence-electron chi connectivity index (χ3n) is 3.86. The van der Waals surface area contributed by atoms with E-state index in [0.29, 0.717) is 19.4 Å². The van der Waals surface area contributed by atoms with Gasteiger partial charge in [0.2, 0.25) is 5.91 Å². The Kier molecular flexibility index (Phi) is 5.97. The number of hydrogen-bond acceptors (Lipinski definition) is 3. The number of halogens is 1. The average molecular weight is 334 g/mol. The van der Waals surface area contributed by atoms with E-state index in [1.165, 1.54) is 12.1 Å². The Morgan fingerprint density at radius 2 is 2.00 bits per heavy atom. The third-order valence-corrected chi connectivity index (χ3v) is 3.86. The molecule has 0 spiro atoms. The smallest absolute Gasteiger partial charge is 0.223 e. The van der Waals surface area contributed by atoms with Crippen LogP contribution in [0.15, 0.2) is 29.4 Å². The number of hydrogen-bond donors (Lipinski definition) is 0. The zero-order valence-electron chi connectivity index (χ0n) is 15.0. The average Bonchev–Trinajstić information content (AvgIpc) is 2.94. The molecule has 0 bridgehead atoms. The maximum atomic E-state index is 13.0. The molecule has 0 unspecified atom stereocenters. The Morgan fingerprint density at radius 1 is 1.33 bits per heavy atom. The highest BCUT2D eigenvalue weighted by molar-refractivity contribution is 6.01. The first-order valence-corrected chi connectivity index (χ1v) is 8.55. The lowest BCUT2D eigenvalue weighted by molar-refractivity contribution is -0.134. The van der Waals surface area contributed by atoms with Crippen molar-refractivity contribution in [1.29, 1.82) is 0 Å². The Bertz CT molecular complexity index is 590. The molecule has 2 rings (SSSR count). The van der Waals surface area contributed by atoms with E-state index in [0.717, 1.165) is 24.2 Å². The van der Waals surface area contributed by atoms with Gasteiger partial charge in [0.25, 0.3) is 0 Å². The molecule has 0 radical (unpaired) electrons. The Hall–Kier alpha value is -1.91. The van der Waals surface area contributed by atoms with Crippen LogP contribution in [0.1, 0.15) is 52.5 Å². The number of rotatable bonds is 6. The van der Waals surface area contributed by atoms with Crippen LogP contribution < -0.4 is 0 Å². The van der Waals surface area contributed by atoms with Crippen molar-refractivity contribution in [3.05, 3.63) is 35.6 Å². The molecule has 1 aliphatic heterocycles. The number of nitrogens with zero attached hydrogens (tertiary/aromatic N) is 2. The summed E-state index contributed by atoms with van der Waals surface area (Å²) in [4.78, 5) is 19.9. The first-order valence-electron chi connectivity index (χ1n) is 8.55. The highest BCUT2D eigenvalue weighted by Gasteiger charge is 2.28. The van der Waals surface area contributed by atoms with Crippen molar-refractivity contribution in [2.24, 2.45) is 10.6 Å². The molecule has 0 aromatic heterocycles. The van der Waals surface area contributed by atoms with E-state index in [1.54, 1.807) is 12.1 Å². The van der Waals surface area contributed by atoms with Crippen LogP contribution in [0.25, 0.3) is 0 Å². The first kappa shape index (κ1) is 18.4. The van der Waals surface area contributed by atoms with Gasteiger partial charge in [0, 0.05) is 19.4 Å².